The lowest BCUT2D eigenvalue weighted by atomic mass is 10.2. The van der Waals surface area contributed by atoms with Crippen molar-refractivity contribution >= 4 is 58.1 Å². The summed E-state index contributed by atoms with van der Waals surface area (Å²) in [4.78, 5) is 13.0. The van der Waals surface area contributed by atoms with Gasteiger partial charge in [-0.2, -0.15) is 5.10 Å². The second-order valence-electron chi connectivity index (χ2n) is 6.49. The molecular weight excluding hydrogens is 566 g/mol. The quantitative estimate of drug-likeness (QED) is 0.147. The molecule has 0 radical (unpaired) electrons. The minimum atomic E-state index is -0.291. The molecule has 0 bridgehead atoms. The summed E-state index contributed by atoms with van der Waals surface area (Å²) in [6.07, 6.45) is 1.54. The number of nitrogens with zero attached hydrogens (tertiary/aromatic N) is 1. The zero-order valence-electron chi connectivity index (χ0n) is 17.0. The molecule has 0 saturated heterocycles. The number of rotatable bonds is 9. The number of nitrogens with one attached hydrogen (secondary N) is 1. The van der Waals surface area contributed by atoms with Gasteiger partial charge in [0.05, 0.1) is 22.6 Å². The molecule has 0 aliphatic carbocycles. The van der Waals surface area contributed by atoms with Gasteiger partial charge in [0.15, 0.2) is 11.5 Å². The number of ether oxygens (including phenoxy) is 2. The van der Waals surface area contributed by atoms with Crippen molar-refractivity contribution in [3.8, 4) is 11.5 Å². The summed E-state index contributed by atoms with van der Waals surface area (Å²) in [5.41, 5.74) is 4.10. The number of amides is 1. The van der Waals surface area contributed by atoms with Crippen LogP contribution in [-0.4, -0.2) is 25.0 Å². The zero-order chi connectivity index (χ0) is 22.9. The van der Waals surface area contributed by atoms with Crippen LogP contribution in [-0.2, 0) is 11.4 Å². The number of hydrogen-bond acceptors (Lipinski definition) is 5. The van der Waals surface area contributed by atoms with E-state index in [4.69, 9.17) is 21.1 Å². The Morgan fingerprint density at radius 1 is 1.19 bits per heavy atom. The first-order chi connectivity index (χ1) is 15.4. The highest BCUT2D eigenvalue weighted by atomic mass is 127. The molecule has 1 N–H and O–H groups in total. The topological polar surface area (TPSA) is 59.9 Å². The third kappa shape index (κ3) is 7.39. The van der Waals surface area contributed by atoms with Crippen molar-refractivity contribution in [1.29, 1.82) is 0 Å². The van der Waals surface area contributed by atoms with Crippen LogP contribution in [0.25, 0.3) is 0 Å². The molecule has 9 heteroatoms. The number of hydrazone groups is 1. The van der Waals surface area contributed by atoms with E-state index in [-0.39, 0.29) is 24.1 Å². The molecule has 0 aliphatic rings. The van der Waals surface area contributed by atoms with E-state index in [0.717, 1.165) is 19.6 Å². The van der Waals surface area contributed by atoms with Gasteiger partial charge < -0.3 is 9.47 Å². The van der Waals surface area contributed by atoms with Crippen molar-refractivity contribution in [3.05, 3.63) is 86.2 Å². The van der Waals surface area contributed by atoms with Gasteiger partial charge in [-0.25, -0.2) is 9.82 Å². The summed E-state index contributed by atoms with van der Waals surface area (Å²) >= 11 is 9.40. The average molecular weight is 585 g/mol. The van der Waals surface area contributed by atoms with Crippen LogP contribution in [0, 0.1) is 9.39 Å². The molecule has 0 fully saturated rings. The molecular formula is C23H19ClFIN2O3S. The van der Waals surface area contributed by atoms with Gasteiger partial charge in [-0.15, -0.1) is 11.8 Å². The summed E-state index contributed by atoms with van der Waals surface area (Å²) in [5, 5.41) is 4.67. The zero-order valence-corrected chi connectivity index (χ0v) is 20.7. The minimum absolute atomic E-state index is 0.220. The summed E-state index contributed by atoms with van der Waals surface area (Å²) in [7, 11) is 1.55. The Morgan fingerprint density at radius 3 is 2.59 bits per heavy atom. The van der Waals surface area contributed by atoms with Crippen LogP contribution in [0.4, 0.5) is 4.39 Å². The minimum Gasteiger partial charge on any atom is -0.493 e. The van der Waals surface area contributed by atoms with E-state index in [2.05, 4.69) is 33.1 Å². The molecule has 3 rings (SSSR count). The Morgan fingerprint density at radius 2 is 1.91 bits per heavy atom. The van der Waals surface area contributed by atoms with Crippen LogP contribution in [0.1, 0.15) is 11.1 Å². The molecule has 3 aromatic carbocycles. The fourth-order valence-corrected chi connectivity index (χ4v) is 4.18. The number of carbonyl (C=O) groups is 1. The van der Waals surface area contributed by atoms with Crippen molar-refractivity contribution < 1.29 is 18.7 Å². The Bertz CT molecular complexity index is 1100. The van der Waals surface area contributed by atoms with Gasteiger partial charge in [0.2, 0.25) is 5.91 Å². The van der Waals surface area contributed by atoms with Gasteiger partial charge in [-0.05, 0) is 82.2 Å². The first-order valence-electron chi connectivity index (χ1n) is 9.39. The Hall–Kier alpha value is -2.30. The van der Waals surface area contributed by atoms with Crippen LogP contribution in [0.2, 0.25) is 5.02 Å². The molecule has 0 saturated carbocycles. The maximum atomic E-state index is 13.1. The second-order valence-corrected chi connectivity index (χ2v) is 9.13. The van der Waals surface area contributed by atoms with E-state index in [1.54, 1.807) is 43.7 Å². The van der Waals surface area contributed by atoms with Gasteiger partial charge in [0.25, 0.3) is 0 Å². The van der Waals surface area contributed by atoms with Gasteiger partial charge in [-0.3, -0.25) is 4.79 Å². The largest absolute Gasteiger partial charge is 0.493 e. The fourth-order valence-electron chi connectivity index (χ4n) is 2.58. The number of carbonyl (C=O) groups excluding carboxylic acids is 1. The Balaban J connectivity index is 1.57. The van der Waals surface area contributed by atoms with Gasteiger partial charge >= 0.3 is 0 Å². The molecule has 166 valence electrons. The number of benzene rings is 3. The smallest absolute Gasteiger partial charge is 0.250 e. The summed E-state index contributed by atoms with van der Waals surface area (Å²) in [5.74, 6) is 0.834. The highest BCUT2D eigenvalue weighted by molar-refractivity contribution is 14.1. The molecule has 0 unspecified atom stereocenters. The standard InChI is InChI=1S/C23H19ClFIN2O3S/c1-30-21-11-16(10-20(26)23(21)31-13-15-2-6-18(25)7-3-15)12-27-28-22(29)14-32-19-8-4-17(24)5-9-19/h2-12H,13-14H2,1H3,(H,28,29)/b27-12-. The van der Waals surface area contributed by atoms with Crippen LogP contribution in [0.5, 0.6) is 11.5 Å². The summed E-state index contributed by atoms with van der Waals surface area (Å²) in [6, 6.07) is 17.0. The SMILES string of the molecule is COc1cc(/C=N\NC(=O)CSc2ccc(Cl)cc2)cc(I)c1OCc1ccc(F)cc1. The maximum absolute atomic E-state index is 13.1. The van der Waals surface area contributed by atoms with Crippen LogP contribution in [0.3, 0.4) is 0 Å². The van der Waals surface area contributed by atoms with Gasteiger partial charge in [0.1, 0.15) is 12.4 Å². The third-order valence-electron chi connectivity index (χ3n) is 4.13. The molecule has 0 aliphatic heterocycles. The van der Waals surface area contributed by atoms with Crippen molar-refractivity contribution in [2.75, 3.05) is 12.9 Å². The first-order valence-corrected chi connectivity index (χ1v) is 11.8. The molecule has 0 atom stereocenters. The summed E-state index contributed by atoms with van der Waals surface area (Å²) < 4.78 is 25.2. The molecule has 5 nitrogen and oxygen atoms in total. The second kappa shape index (κ2) is 12.1. The highest BCUT2D eigenvalue weighted by Crippen LogP contribution is 2.34. The fraction of sp³-hybridized carbons (Fsp3) is 0.130. The molecule has 0 heterocycles. The van der Waals surface area contributed by atoms with Gasteiger partial charge in [-0.1, -0.05) is 23.7 Å². The van der Waals surface area contributed by atoms with Crippen LogP contribution < -0.4 is 14.9 Å². The van der Waals surface area contributed by atoms with E-state index in [0.29, 0.717) is 16.5 Å². The molecule has 1 amide bonds. The van der Waals surface area contributed by atoms with E-state index in [9.17, 15) is 9.18 Å². The van der Waals surface area contributed by atoms with E-state index >= 15 is 0 Å². The van der Waals surface area contributed by atoms with Crippen LogP contribution in [0.15, 0.2) is 70.7 Å². The lowest BCUT2D eigenvalue weighted by Gasteiger charge is -2.13. The molecule has 0 spiro atoms. The maximum Gasteiger partial charge on any atom is 0.250 e. The third-order valence-corrected chi connectivity index (χ3v) is 6.20. The van der Waals surface area contributed by atoms with E-state index in [1.807, 2.05) is 18.2 Å². The summed E-state index contributed by atoms with van der Waals surface area (Å²) in [6.45, 7) is 0.279. The Kier molecular flexibility index (Phi) is 9.19. The van der Waals surface area contributed by atoms with Gasteiger partial charge in [0, 0.05) is 9.92 Å². The number of hydrogen-bond donors (Lipinski definition) is 1. The van der Waals surface area contributed by atoms with E-state index < -0.39 is 0 Å². The monoisotopic (exact) mass is 584 g/mol. The van der Waals surface area contributed by atoms with E-state index in [1.165, 1.54) is 23.9 Å². The molecule has 0 aromatic heterocycles. The predicted molar refractivity (Wildman–Crippen MR) is 134 cm³/mol. The lowest BCUT2D eigenvalue weighted by molar-refractivity contribution is -0.118. The number of halogens is 3. The lowest BCUT2D eigenvalue weighted by Crippen LogP contribution is -2.19. The molecule has 3 aromatic rings. The number of methoxy groups -OCH3 is 1. The average Bonchev–Trinajstić information content (AvgIpc) is 2.79. The highest BCUT2D eigenvalue weighted by Gasteiger charge is 2.12. The van der Waals surface area contributed by atoms with Crippen LogP contribution >= 0.6 is 46.0 Å². The Labute approximate surface area is 208 Å². The van der Waals surface area contributed by atoms with Crippen molar-refractivity contribution in [2.45, 2.75) is 11.5 Å². The van der Waals surface area contributed by atoms with Crippen molar-refractivity contribution in [1.82, 2.24) is 5.43 Å². The number of thioether (sulfide) groups is 1. The predicted octanol–water partition coefficient (Wildman–Crippen LogP) is 5.91. The first kappa shape index (κ1) is 24.3. The van der Waals surface area contributed by atoms with Crippen molar-refractivity contribution in [2.24, 2.45) is 5.10 Å². The normalized spacial score (nSPS) is 10.9. The molecule has 32 heavy (non-hydrogen) atoms. The van der Waals surface area contributed by atoms with Crippen molar-refractivity contribution in [3.63, 3.8) is 0 Å².